The van der Waals surface area contributed by atoms with E-state index in [0.29, 0.717) is 33.9 Å². The fraction of sp³-hybridized carbons (Fsp3) is 0.321. The van der Waals surface area contributed by atoms with Crippen LogP contribution in [0.25, 0.3) is 16.3 Å². The van der Waals surface area contributed by atoms with Crippen molar-refractivity contribution in [3.63, 3.8) is 0 Å². The van der Waals surface area contributed by atoms with E-state index in [1.807, 2.05) is 28.6 Å². The van der Waals surface area contributed by atoms with E-state index in [2.05, 4.69) is 34.2 Å². The van der Waals surface area contributed by atoms with Gasteiger partial charge < -0.3 is 4.90 Å². The molecule has 2 aliphatic rings. The van der Waals surface area contributed by atoms with E-state index in [9.17, 15) is 4.79 Å². The molecule has 0 saturated carbocycles. The summed E-state index contributed by atoms with van der Waals surface area (Å²) in [5.74, 6) is 0.147. The first-order valence-corrected chi connectivity index (χ1v) is 15.4. The third kappa shape index (κ3) is 5.12. The van der Waals surface area contributed by atoms with Gasteiger partial charge in [-0.2, -0.15) is 0 Å². The maximum absolute atomic E-state index is 13.5. The highest BCUT2D eigenvalue weighted by Gasteiger charge is 2.47. The lowest BCUT2D eigenvalue weighted by Gasteiger charge is -2.39. The number of piperidine rings is 1. The Hall–Kier alpha value is -2.00. The van der Waals surface area contributed by atoms with Crippen LogP contribution in [-0.4, -0.2) is 47.0 Å². The van der Waals surface area contributed by atoms with Crippen LogP contribution in [0.3, 0.4) is 0 Å². The van der Waals surface area contributed by atoms with Gasteiger partial charge in [0, 0.05) is 47.3 Å². The number of hydrogen-bond acceptors (Lipinski definition) is 6. The minimum Gasteiger partial charge on any atom is -0.311 e. The SMILES string of the molecule is O=C(CCc1cnc(Cl)s1)N1CC2(CCN(C/C=C/c3ccc(Cl)c(Cl)c3)CC2)c2c1ccc1scnc21. The average molecular weight is 604 g/mol. The zero-order valence-electron chi connectivity index (χ0n) is 20.5. The van der Waals surface area contributed by atoms with Gasteiger partial charge in [-0.05, 0) is 62.2 Å². The molecule has 2 aromatic heterocycles. The topological polar surface area (TPSA) is 49.3 Å². The summed E-state index contributed by atoms with van der Waals surface area (Å²) < 4.78 is 1.70. The predicted molar refractivity (Wildman–Crippen MR) is 160 cm³/mol. The number of halogens is 3. The third-order valence-corrected chi connectivity index (χ3v) is 10.3. The number of aromatic nitrogens is 2. The molecule has 0 radical (unpaired) electrons. The smallest absolute Gasteiger partial charge is 0.227 e. The number of anilines is 1. The number of fused-ring (bicyclic) bond motifs is 4. The fourth-order valence-electron chi connectivity index (χ4n) is 5.65. The molecule has 4 aromatic rings. The Morgan fingerprint density at radius 2 is 1.92 bits per heavy atom. The van der Waals surface area contributed by atoms with Crippen LogP contribution in [0.1, 0.15) is 35.3 Å². The van der Waals surface area contributed by atoms with Crippen molar-refractivity contribution in [1.82, 2.24) is 14.9 Å². The Balaban J connectivity index is 1.18. The summed E-state index contributed by atoms with van der Waals surface area (Å²) in [6.07, 6.45) is 9.11. The molecule has 38 heavy (non-hydrogen) atoms. The van der Waals surface area contributed by atoms with E-state index in [4.69, 9.17) is 39.8 Å². The molecule has 1 spiro atoms. The number of likely N-dealkylation sites (tertiary alicyclic amines) is 1. The van der Waals surface area contributed by atoms with Crippen molar-refractivity contribution in [3.05, 3.63) is 78.6 Å². The van der Waals surface area contributed by atoms with Crippen molar-refractivity contribution in [2.75, 3.05) is 31.1 Å². The van der Waals surface area contributed by atoms with Crippen molar-refractivity contribution in [3.8, 4) is 0 Å². The Labute approximate surface area is 244 Å². The summed E-state index contributed by atoms with van der Waals surface area (Å²) in [5, 5.41) is 1.13. The summed E-state index contributed by atoms with van der Waals surface area (Å²) in [7, 11) is 0. The first kappa shape index (κ1) is 26.2. The quantitative estimate of drug-likeness (QED) is 0.226. The highest BCUT2D eigenvalue weighted by atomic mass is 35.5. The molecule has 1 saturated heterocycles. The molecule has 1 amide bonds. The lowest BCUT2D eigenvalue weighted by Crippen LogP contribution is -2.46. The normalized spacial score (nSPS) is 17.2. The number of rotatable bonds is 6. The van der Waals surface area contributed by atoms with E-state index in [1.165, 1.54) is 21.6 Å². The molecule has 1 fully saturated rings. The number of carbonyl (C=O) groups is 1. The summed E-state index contributed by atoms with van der Waals surface area (Å²) >= 11 is 21.3. The first-order chi connectivity index (χ1) is 18.4. The highest BCUT2D eigenvalue weighted by molar-refractivity contribution is 7.16. The predicted octanol–water partition coefficient (Wildman–Crippen LogP) is 7.74. The van der Waals surface area contributed by atoms with Gasteiger partial charge in [-0.15, -0.1) is 22.7 Å². The Bertz CT molecular complexity index is 1520. The Morgan fingerprint density at radius 1 is 1.08 bits per heavy atom. The van der Waals surface area contributed by atoms with Crippen molar-refractivity contribution in [2.24, 2.45) is 0 Å². The Morgan fingerprint density at radius 3 is 2.68 bits per heavy atom. The molecule has 0 unspecified atom stereocenters. The number of thiazole rings is 2. The van der Waals surface area contributed by atoms with Crippen LogP contribution in [0.15, 0.2) is 48.1 Å². The van der Waals surface area contributed by atoms with Gasteiger partial charge in [0.25, 0.3) is 0 Å². The second kappa shape index (κ2) is 10.9. The number of aryl methyl sites for hydroxylation is 1. The van der Waals surface area contributed by atoms with Crippen LogP contribution in [0, 0.1) is 0 Å². The molecule has 0 aliphatic carbocycles. The molecule has 4 heterocycles. The lowest BCUT2D eigenvalue weighted by molar-refractivity contribution is -0.118. The fourth-order valence-corrected chi connectivity index (χ4v) is 7.62. The van der Waals surface area contributed by atoms with Crippen LogP contribution >= 0.6 is 57.5 Å². The van der Waals surface area contributed by atoms with Gasteiger partial charge in [0.2, 0.25) is 5.91 Å². The van der Waals surface area contributed by atoms with Crippen molar-refractivity contribution < 1.29 is 4.79 Å². The molecule has 10 heteroatoms. The van der Waals surface area contributed by atoms with Gasteiger partial charge in [0.05, 0.1) is 25.8 Å². The van der Waals surface area contributed by atoms with E-state index < -0.39 is 0 Å². The maximum atomic E-state index is 13.5. The van der Waals surface area contributed by atoms with Gasteiger partial charge in [-0.25, -0.2) is 9.97 Å². The van der Waals surface area contributed by atoms with Crippen LogP contribution in [0.2, 0.25) is 14.5 Å². The monoisotopic (exact) mass is 602 g/mol. The number of hydrogen-bond donors (Lipinski definition) is 0. The number of nitrogens with zero attached hydrogens (tertiary/aromatic N) is 4. The molecule has 6 rings (SSSR count). The van der Waals surface area contributed by atoms with E-state index in [1.54, 1.807) is 17.5 Å². The Kier molecular flexibility index (Phi) is 7.51. The average Bonchev–Trinajstić information content (AvgIpc) is 3.63. The lowest BCUT2D eigenvalue weighted by atomic mass is 9.74. The van der Waals surface area contributed by atoms with Crippen LogP contribution in [0.4, 0.5) is 5.69 Å². The largest absolute Gasteiger partial charge is 0.311 e. The van der Waals surface area contributed by atoms with E-state index in [-0.39, 0.29) is 11.3 Å². The summed E-state index contributed by atoms with van der Waals surface area (Å²) in [6.45, 7) is 3.51. The van der Waals surface area contributed by atoms with E-state index >= 15 is 0 Å². The standard InChI is InChI=1S/C28H25Cl3N4OS2/c29-20-5-3-18(14-21(20)30)2-1-11-34-12-9-28(10-13-34)16-35(24(36)8-4-19-15-32-27(31)38-19)22-6-7-23-26(25(22)28)33-17-37-23/h1-3,5-7,14-15,17H,4,8-13,16H2/b2-1+. The molecule has 0 N–H and O–H groups in total. The molecule has 196 valence electrons. The molecular formula is C28H25Cl3N4OS2. The van der Waals surface area contributed by atoms with Gasteiger partial charge in [0.1, 0.15) is 0 Å². The van der Waals surface area contributed by atoms with Gasteiger partial charge >= 0.3 is 0 Å². The molecular weight excluding hydrogens is 579 g/mol. The van der Waals surface area contributed by atoms with Crippen LogP contribution in [-0.2, 0) is 16.6 Å². The summed E-state index contributed by atoms with van der Waals surface area (Å²) in [6, 6.07) is 9.91. The molecule has 2 aromatic carbocycles. The molecule has 5 nitrogen and oxygen atoms in total. The van der Waals surface area contributed by atoms with E-state index in [0.717, 1.165) is 54.1 Å². The second-order valence-electron chi connectivity index (χ2n) is 9.88. The molecule has 0 bridgehead atoms. The second-order valence-corrected chi connectivity index (χ2v) is 13.3. The number of amides is 1. The van der Waals surface area contributed by atoms with Gasteiger partial charge in [-0.1, -0.05) is 53.0 Å². The van der Waals surface area contributed by atoms with Crippen molar-refractivity contribution in [1.29, 1.82) is 0 Å². The van der Waals surface area contributed by atoms with Crippen LogP contribution in [0.5, 0.6) is 0 Å². The van der Waals surface area contributed by atoms with Crippen molar-refractivity contribution >= 4 is 85.4 Å². The number of benzene rings is 2. The van der Waals surface area contributed by atoms with Crippen LogP contribution < -0.4 is 4.90 Å². The molecule has 0 atom stereocenters. The maximum Gasteiger partial charge on any atom is 0.227 e. The number of carbonyl (C=O) groups excluding carboxylic acids is 1. The van der Waals surface area contributed by atoms with Crippen molar-refractivity contribution in [2.45, 2.75) is 31.1 Å². The minimum atomic E-state index is -0.0731. The van der Waals surface area contributed by atoms with Gasteiger partial charge in [-0.3, -0.25) is 9.69 Å². The van der Waals surface area contributed by atoms with Gasteiger partial charge in [0.15, 0.2) is 4.47 Å². The summed E-state index contributed by atoms with van der Waals surface area (Å²) in [5.41, 5.74) is 6.24. The minimum absolute atomic E-state index is 0.0731. The zero-order valence-corrected chi connectivity index (χ0v) is 24.4. The zero-order chi connectivity index (χ0) is 26.3. The molecule has 2 aliphatic heterocycles. The third-order valence-electron chi connectivity index (χ3n) is 7.60. The summed E-state index contributed by atoms with van der Waals surface area (Å²) in [4.78, 5) is 27.9. The highest BCUT2D eigenvalue weighted by Crippen LogP contribution is 2.50. The first-order valence-electron chi connectivity index (χ1n) is 12.5.